The number of rotatable bonds is 2. The molecule has 0 spiro atoms. The first-order valence-electron chi connectivity index (χ1n) is 7.00. The standard InChI is InChI=1S/C19H18N2/c1-14-9-11-16(12-10-14)21-18-8-5-13-20-19-7-4-3-6-17(19)15(18)2/h3-13,20-21H,2H2,1H3/b13-5-,18-8+. The molecule has 0 saturated carbocycles. The third-order valence-electron chi connectivity index (χ3n) is 3.51. The summed E-state index contributed by atoms with van der Waals surface area (Å²) >= 11 is 0. The summed E-state index contributed by atoms with van der Waals surface area (Å²) in [5.74, 6) is 0. The largest absolute Gasteiger partial charge is 0.361 e. The predicted octanol–water partition coefficient (Wildman–Crippen LogP) is 4.94. The van der Waals surface area contributed by atoms with Gasteiger partial charge in [-0.05, 0) is 37.3 Å². The Balaban J connectivity index is 1.94. The van der Waals surface area contributed by atoms with Crippen LogP contribution in [0.4, 0.5) is 11.4 Å². The Kier molecular flexibility index (Phi) is 3.61. The summed E-state index contributed by atoms with van der Waals surface area (Å²) in [5, 5.41) is 6.72. The van der Waals surface area contributed by atoms with Gasteiger partial charge in [-0.1, -0.05) is 42.5 Å². The first-order valence-corrected chi connectivity index (χ1v) is 7.00. The summed E-state index contributed by atoms with van der Waals surface area (Å²) in [4.78, 5) is 0. The van der Waals surface area contributed by atoms with Crippen LogP contribution in [0.3, 0.4) is 0 Å². The summed E-state index contributed by atoms with van der Waals surface area (Å²) in [5.41, 5.74) is 6.46. The zero-order chi connectivity index (χ0) is 14.7. The summed E-state index contributed by atoms with van der Waals surface area (Å²) in [7, 11) is 0. The zero-order valence-corrected chi connectivity index (χ0v) is 12.1. The van der Waals surface area contributed by atoms with Crippen LogP contribution in [-0.2, 0) is 0 Å². The van der Waals surface area contributed by atoms with Gasteiger partial charge in [0.15, 0.2) is 0 Å². The number of fused-ring (bicyclic) bond motifs is 1. The van der Waals surface area contributed by atoms with E-state index in [0.29, 0.717) is 0 Å². The van der Waals surface area contributed by atoms with Gasteiger partial charge in [-0.3, -0.25) is 0 Å². The van der Waals surface area contributed by atoms with Gasteiger partial charge in [-0.2, -0.15) is 0 Å². The SMILES string of the molecule is C=C1/C(Nc2ccc(C)cc2)=C\C=C/Nc2ccccc21. The van der Waals surface area contributed by atoms with Crippen molar-refractivity contribution in [2.45, 2.75) is 6.92 Å². The van der Waals surface area contributed by atoms with E-state index in [-0.39, 0.29) is 0 Å². The van der Waals surface area contributed by atoms with Gasteiger partial charge in [-0.25, -0.2) is 0 Å². The molecule has 0 aliphatic carbocycles. The van der Waals surface area contributed by atoms with Crippen molar-refractivity contribution >= 4 is 16.9 Å². The third kappa shape index (κ3) is 2.90. The molecule has 2 heteroatoms. The van der Waals surface area contributed by atoms with E-state index in [4.69, 9.17) is 0 Å². The van der Waals surface area contributed by atoms with Crippen molar-refractivity contribution in [3.05, 3.63) is 90.3 Å². The van der Waals surface area contributed by atoms with Crippen LogP contribution >= 0.6 is 0 Å². The number of nitrogens with one attached hydrogen (secondary N) is 2. The number of para-hydroxylation sites is 1. The van der Waals surface area contributed by atoms with Crippen molar-refractivity contribution in [2.75, 3.05) is 10.6 Å². The van der Waals surface area contributed by atoms with Crippen LogP contribution in [0.1, 0.15) is 11.1 Å². The van der Waals surface area contributed by atoms with E-state index < -0.39 is 0 Å². The molecule has 2 aromatic rings. The molecule has 0 saturated heterocycles. The fourth-order valence-electron chi connectivity index (χ4n) is 2.31. The molecule has 104 valence electrons. The monoisotopic (exact) mass is 274 g/mol. The van der Waals surface area contributed by atoms with Crippen LogP contribution in [-0.4, -0.2) is 0 Å². The van der Waals surface area contributed by atoms with Crippen molar-refractivity contribution < 1.29 is 0 Å². The van der Waals surface area contributed by atoms with Crippen LogP contribution in [0.5, 0.6) is 0 Å². The lowest BCUT2D eigenvalue weighted by Gasteiger charge is -2.18. The van der Waals surface area contributed by atoms with Gasteiger partial charge in [0.25, 0.3) is 0 Å². The van der Waals surface area contributed by atoms with Crippen LogP contribution in [0.25, 0.3) is 5.57 Å². The molecule has 0 bridgehead atoms. The molecule has 21 heavy (non-hydrogen) atoms. The molecular weight excluding hydrogens is 256 g/mol. The lowest BCUT2D eigenvalue weighted by Crippen LogP contribution is -2.05. The average Bonchev–Trinajstić information content (AvgIpc) is 2.50. The highest BCUT2D eigenvalue weighted by Gasteiger charge is 2.11. The summed E-state index contributed by atoms with van der Waals surface area (Å²) in [6, 6.07) is 16.5. The predicted molar refractivity (Wildman–Crippen MR) is 91.1 cm³/mol. The summed E-state index contributed by atoms with van der Waals surface area (Å²) in [6.45, 7) is 6.33. The molecule has 0 atom stereocenters. The van der Waals surface area contributed by atoms with E-state index in [1.165, 1.54) is 5.56 Å². The molecule has 0 fully saturated rings. The van der Waals surface area contributed by atoms with Gasteiger partial charge in [0.2, 0.25) is 0 Å². The molecule has 1 aliphatic rings. The fraction of sp³-hybridized carbons (Fsp3) is 0.0526. The van der Waals surface area contributed by atoms with Crippen molar-refractivity contribution in [3.8, 4) is 0 Å². The van der Waals surface area contributed by atoms with Gasteiger partial charge < -0.3 is 10.6 Å². The molecule has 2 N–H and O–H groups in total. The highest BCUT2D eigenvalue weighted by Crippen LogP contribution is 2.30. The normalized spacial score (nSPS) is 17.6. The summed E-state index contributed by atoms with van der Waals surface area (Å²) in [6.07, 6.45) is 5.95. The molecule has 1 aliphatic heterocycles. The first-order chi connectivity index (χ1) is 10.2. The zero-order valence-electron chi connectivity index (χ0n) is 12.1. The maximum atomic E-state index is 4.25. The number of hydrogen-bond acceptors (Lipinski definition) is 2. The fourth-order valence-corrected chi connectivity index (χ4v) is 2.31. The van der Waals surface area contributed by atoms with Crippen LogP contribution in [0.15, 0.2) is 79.2 Å². The van der Waals surface area contributed by atoms with E-state index in [9.17, 15) is 0 Å². The Bertz CT molecular complexity index is 721. The van der Waals surface area contributed by atoms with Gasteiger partial charge in [0.1, 0.15) is 0 Å². The number of benzene rings is 2. The summed E-state index contributed by atoms with van der Waals surface area (Å²) < 4.78 is 0. The Hall–Kier alpha value is -2.74. The third-order valence-corrected chi connectivity index (χ3v) is 3.51. The second-order valence-corrected chi connectivity index (χ2v) is 5.10. The van der Waals surface area contributed by atoms with E-state index in [0.717, 1.165) is 28.2 Å². The van der Waals surface area contributed by atoms with E-state index in [2.05, 4.69) is 60.5 Å². The Morgan fingerprint density at radius 3 is 2.57 bits per heavy atom. The minimum absolute atomic E-state index is 0.975. The molecule has 2 aromatic carbocycles. The molecule has 0 aromatic heterocycles. The maximum absolute atomic E-state index is 4.25. The highest BCUT2D eigenvalue weighted by atomic mass is 14.9. The highest BCUT2D eigenvalue weighted by molar-refractivity contribution is 5.87. The Labute approximate surface area is 125 Å². The Morgan fingerprint density at radius 2 is 1.76 bits per heavy atom. The molecule has 1 heterocycles. The number of anilines is 2. The molecule has 0 unspecified atom stereocenters. The van der Waals surface area contributed by atoms with E-state index in [1.807, 2.05) is 30.5 Å². The molecule has 0 amide bonds. The minimum Gasteiger partial charge on any atom is -0.361 e. The molecule has 0 radical (unpaired) electrons. The topological polar surface area (TPSA) is 24.1 Å². The van der Waals surface area contributed by atoms with Gasteiger partial charge >= 0.3 is 0 Å². The van der Waals surface area contributed by atoms with Crippen LogP contribution in [0.2, 0.25) is 0 Å². The molecule has 3 rings (SSSR count). The van der Waals surface area contributed by atoms with Crippen molar-refractivity contribution in [1.29, 1.82) is 0 Å². The van der Waals surface area contributed by atoms with E-state index in [1.54, 1.807) is 0 Å². The lowest BCUT2D eigenvalue weighted by molar-refractivity contribution is 1.41. The minimum atomic E-state index is 0.975. The number of allylic oxidation sites excluding steroid dienone is 3. The van der Waals surface area contributed by atoms with Gasteiger partial charge in [0, 0.05) is 34.4 Å². The van der Waals surface area contributed by atoms with Crippen molar-refractivity contribution in [1.82, 2.24) is 0 Å². The average molecular weight is 274 g/mol. The number of aryl methyl sites for hydroxylation is 1. The first kappa shape index (κ1) is 13.3. The quantitative estimate of drug-likeness (QED) is 0.810. The molecular formula is C19H18N2. The van der Waals surface area contributed by atoms with Crippen LogP contribution < -0.4 is 10.6 Å². The van der Waals surface area contributed by atoms with Crippen LogP contribution in [0, 0.1) is 6.92 Å². The van der Waals surface area contributed by atoms with Crippen molar-refractivity contribution in [3.63, 3.8) is 0 Å². The maximum Gasteiger partial charge on any atom is 0.0459 e. The smallest absolute Gasteiger partial charge is 0.0459 e. The number of hydrogen-bond donors (Lipinski definition) is 2. The molecule has 2 nitrogen and oxygen atoms in total. The Morgan fingerprint density at radius 1 is 1.00 bits per heavy atom. The lowest BCUT2D eigenvalue weighted by atomic mass is 10.0. The van der Waals surface area contributed by atoms with Gasteiger partial charge in [-0.15, -0.1) is 0 Å². The van der Waals surface area contributed by atoms with Crippen molar-refractivity contribution in [2.24, 2.45) is 0 Å². The van der Waals surface area contributed by atoms with E-state index >= 15 is 0 Å². The second-order valence-electron chi connectivity index (χ2n) is 5.10. The van der Waals surface area contributed by atoms with Gasteiger partial charge in [0.05, 0.1) is 0 Å². The second kappa shape index (κ2) is 5.71.